The molecule has 1 aliphatic heterocycles. The summed E-state index contributed by atoms with van der Waals surface area (Å²) < 4.78 is 16.6. The number of aromatic nitrogens is 2. The third-order valence-corrected chi connectivity index (χ3v) is 6.49. The molecule has 1 saturated heterocycles. The van der Waals surface area contributed by atoms with Crippen molar-refractivity contribution >= 4 is 22.8 Å². The van der Waals surface area contributed by atoms with E-state index in [9.17, 15) is 19.1 Å². The van der Waals surface area contributed by atoms with Crippen molar-refractivity contribution in [2.75, 3.05) is 18.0 Å². The molecule has 1 unspecified atom stereocenters. The van der Waals surface area contributed by atoms with E-state index in [-0.39, 0.29) is 34.3 Å². The number of carboxylic acids is 1. The maximum Gasteiger partial charge on any atom is 0.341 e. The molecule has 3 fully saturated rings. The van der Waals surface area contributed by atoms with E-state index in [1.54, 1.807) is 4.57 Å². The van der Waals surface area contributed by atoms with Crippen molar-refractivity contribution in [2.24, 2.45) is 17.1 Å². The lowest BCUT2D eigenvalue weighted by Crippen LogP contribution is -2.53. The molecule has 0 amide bonds. The lowest BCUT2D eigenvalue weighted by molar-refractivity contribution is 0.0694. The number of hydrogen-bond acceptors (Lipinski definition) is 5. The average molecular weight is 372 g/mol. The predicted molar refractivity (Wildman–Crippen MR) is 97.6 cm³/mol. The summed E-state index contributed by atoms with van der Waals surface area (Å²) >= 11 is 0. The first-order valence-corrected chi connectivity index (χ1v) is 9.28. The molecule has 2 aliphatic carbocycles. The van der Waals surface area contributed by atoms with E-state index in [1.165, 1.54) is 6.20 Å². The fourth-order valence-corrected chi connectivity index (χ4v) is 4.87. The second kappa shape index (κ2) is 5.28. The minimum atomic E-state index is -1.31. The van der Waals surface area contributed by atoms with Crippen LogP contribution in [0.4, 0.5) is 10.2 Å². The van der Waals surface area contributed by atoms with E-state index >= 15 is 0 Å². The standard InChI is InChI=1S/C19H21FN4O3/c1-19-5-14(21)12(19)7-23(8-19)17-13(20)4-10-15(25)11(18(26)27)6-24(9-2-3-9)16(10)22-17/h4,6,9,12,14H,2-3,5,7-8,21H2,1H3,(H,26,27)/t12-,14-,19?/m1/s1. The van der Waals surface area contributed by atoms with Crippen molar-refractivity contribution < 1.29 is 14.3 Å². The van der Waals surface area contributed by atoms with Gasteiger partial charge in [0, 0.05) is 31.4 Å². The summed E-state index contributed by atoms with van der Waals surface area (Å²) in [6.45, 7) is 3.49. The molecule has 0 radical (unpaired) electrons. The van der Waals surface area contributed by atoms with Gasteiger partial charge < -0.3 is 20.3 Å². The van der Waals surface area contributed by atoms with Crippen molar-refractivity contribution in [2.45, 2.75) is 38.3 Å². The van der Waals surface area contributed by atoms with Gasteiger partial charge in [-0.15, -0.1) is 0 Å². The number of aromatic carboxylic acids is 1. The van der Waals surface area contributed by atoms with Crippen LogP contribution in [0.25, 0.3) is 11.0 Å². The summed E-state index contributed by atoms with van der Waals surface area (Å²) in [5.41, 5.74) is 5.51. The summed E-state index contributed by atoms with van der Waals surface area (Å²) in [7, 11) is 0. The lowest BCUT2D eigenvalue weighted by atomic mass is 9.60. The Kier molecular flexibility index (Phi) is 3.26. The number of nitrogens with two attached hydrogens (primary N) is 1. The molecular weight excluding hydrogens is 351 g/mol. The van der Waals surface area contributed by atoms with Crippen molar-refractivity contribution in [3.8, 4) is 0 Å². The van der Waals surface area contributed by atoms with Gasteiger partial charge in [-0.25, -0.2) is 14.2 Å². The third-order valence-electron chi connectivity index (χ3n) is 6.49. The van der Waals surface area contributed by atoms with Crippen LogP contribution in [0.3, 0.4) is 0 Å². The van der Waals surface area contributed by atoms with Crippen LogP contribution >= 0.6 is 0 Å². The maximum atomic E-state index is 14.9. The molecule has 3 heterocycles. The van der Waals surface area contributed by atoms with Crippen LogP contribution in [0.5, 0.6) is 0 Å². The van der Waals surface area contributed by atoms with Gasteiger partial charge in [0.1, 0.15) is 11.2 Å². The Labute approximate surface area is 154 Å². The molecule has 0 bridgehead atoms. The normalized spacial score (nSPS) is 29.7. The van der Waals surface area contributed by atoms with Gasteiger partial charge >= 0.3 is 5.97 Å². The van der Waals surface area contributed by atoms with Crippen LogP contribution < -0.4 is 16.1 Å². The fourth-order valence-electron chi connectivity index (χ4n) is 4.87. The molecule has 5 rings (SSSR count). The molecule has 2 aromatic heterocycles. The molecule has 2 saturated carbocycles. The topological polar surface area (TPSA) is 101 Å². The summed E-state index contributed by atoms with van der Waals surface area (Å²) in [6, 6.07) is 1.39. The van der Waals surface area contributed by atoms with Gasteiger partial charge in [0.05, 0.1) is 5.39 Å². The SMILES string of the molecule is CC12C[C@@H](N)[C@H]1CN(c1nc3c(cc1F)c(=O)c(C(=O)O)cn3C1CC1)C2. The van der Waals surface area contributed by atoms with E-state index < -0.39 is 17.2 Å². The van der Waals surface area contributed by atoms with Crippen molar-refractivity contribution in [3.63, 3.8) is 0 Å². The largest absolute Gasteiger partial charge is 0.477 e. The number of anilines is 1. The second-order valence-corrected chi connectivity index (χ2v) is 8.49. The molecular formula is C19H21FN4O3. The van der Waals surface area contributed by atoms with Gasteiger partial charge in [-0.2, -0.15) is 0 Å². The Hall–Kier alpha value is -2.48. The van der Waals surface area contributed by atoms with Gasteiger partial charge in [-0.05, 0) is 36.7 Å². The summed E-state index contributed by atoms with van der Waals surface area (Å²) in [5, 5.41) is 9.34. The van der Waals surface area contributed by atoms with Gasteiger partial charge in [0.2, 0.25) is 5.43 Å². The number of halogens is 1. The Morgan fingerprint density at radius 3 is 2.78 bits per heavy atom. The minimum Gasteiger partial charge on any atom is -0.477 e. The van der Waals surface area contributed by atoms with Gasteiger partial charge in [-0.3, -0.25) is 4.79 Å². The Balaban J connectivity index is 1.67. The lowest BCUT2D eigenvalue weighted by Gasteiger charge is -2.46. The van der Waals surface area contributed by atoms with Gasteiger partial charge in [0.15, 0.2) is 11.6 Å². The number of nitrogens with zero attached hydrogens (tertiary/aromatic N) is 3. The average Bonchev–Trinajstić information content (AvgIpc) is 3.39. The van der Waals surface area contributed by atoms with Gasteiger partial charge in [0.25, 0.3) is 0 Å². The molecule has 7 nitrogen and oxygen atoms in total. The summed E-state index contributed by atoms with van der Waals surface area (Å²) in [5.74, 6) is -1.36. The number of carbonyl (C=O) groups is 1. The highest BCUT2D eigenvalue weighted by molar-refractivity contribution is 5.92. The van der Waals surface area contributed by atoms with Crippen LogP contribution in [0.2, 0.25) is 0 Å². The highest BCUT2D eigenvalue weighted by Crippen LogP contribution is 2.51. The number of carboxylic acid groups (broad SMARTS) is 1. The molecule has 0 aromatic carbocycles. The highest BCUT2D eigenvalue weighted by atomic mass is 19.1. The first kappa shape index (κ1) is 16.7. The first-order chi connectivity index (χ1) is 12.8. The Morgan fingerprint density at radius 2 is 2.19 bits per heavy atom. The molecule has 3 aliphatic rings. The quantitative estimate of drug-likeness (QED) is 0.851. The molecule has 2 aromatic rings. The number of rotatable bonds is 3. The van der Waals surface area contributed by atoms with E-state index in [2.05, 4.69) is 11.9 Å². The van der Waals surface area contributed by atoms with Crippen LogP contribution in [0.15, 0.2) is 17.1 Å². The zero-order valence-electron chi connectivity index (χ0n) is 15.0. The van der Waals surface area contributed by atoms with Crippen LogP contribution in [0, 0.1) is 17.2 Å². The van der Waals surface area contributed by atoms with Crippen molar-refractivity contribution in [1.29, 1.82) is 0 Å². The smallest absolute Gasteiger partial charge is 0.341 e. The maximum absolute atomic E-state index is 14.9. The zero-order chi connectivity index (χ0) is 19.1. The third kappa shape index (κ3) is 2.32. The minimum absolute atomic E-state index is 0.0214. The van der Waals surface area contributed by atoms with Crippen LogP contribution in [0.1, 0.15) is 42.6 Å². The number of fused-ring (bicyclic) bond motifs is 2. The number of hydrogen-bond donors (Lipinski definition) is 2. The van der Waals surface area contributed by atoms with Crippen molar-refractivity contribution in [1.82, 2.24) is 9.55 Å². The molecule has 142 valence electrons. The fraction of sp³-hybridized carbons (Fsp3) is 0.526. The van der Waals surface area contributed by atoms with Crippen LogP contribution in [-0.4, -0.2) is 39.8 Å². The van der Waals surface area contributed by atoms with E-state index in [1.807, 2.05) is 4.90 Å². The number of pyridine rings is 2. The zero-order valence-corrected chi connectivity index (χ0v) is 15.0. The van der Waals surface area contributed by atoms with Crippen molar-refractivity contribution in [3.05, 3.63) is 33.9 Å². The monoisotopic (exact) mass is 372 g/mol. The Bertz CT molecular complexity index is 1050. The summed E-state index contributed by atoms with van der Waals surface area (Å²) in [6.07, 6.45) is 4.05. The molecule has 27 heavy (non-hydrogen) atoms. The summed E-state index contributed by atoms with van der Waals surface area (Å²) in [4.78, 5) is 30.4. The molecule has 0 spiro atoms. The van der Waals surface area contributed by atoms with Gasteiger partial charge in [-0.1, -0.05) is 6.92 Å². The predicted octanol–water partition coefficient (Wildman–Crippen LogP) is 1.74. The van der Waals surface area contributed by atoms with Crippen LogP contribution in [-0.2, 0) is 0 Å². The highest BCUT2D eigenvalue weighted by Gasteiger charge is 2.55. The second-order valence-electron chi connectivity index (χ2n) is 8.49. The van der Waals surface area contributed by atoms with E-state index in [4.69, 9.17) is 5.73 Å². The Morgan fingerprint density at radius 1 is 1.44 bits per heavy atom. The molecule has 8 heteroatoms. The molecule has 3 N–H and O–H groups in total. The van der Waals surface area contributed by atoms with E-state index in [0.29, 0.717) is 24.7 Å². The van der Waals surface area contributed by atoms with E-state index in [0.717, 1.165) is 25.3 Å². The molecule has 3 atom stereocenters. The first-order valence-electron chi connectivity index (χ1n) is 9.28.